The standard InChI is InChI=1S/C14H16N2/c1-11-7-8-13(15)14(9-11)16-10-12-5-3-2-4-6-12/h2-9,16H,10,15H2,1H3. The molecule has 3 N–H and O–H groups in total. The molecule has 0 aliphatic heterocycles. The summed E-state index contributed by atoms with van der Waals surface area (Å²) >= 11 is 0. The first kappa shape index (κ1) is 10.6. The van der Waals surface area contributed by atoms with E-state index in [9.17, 15) is 0 Å². The summed E-state index contributed by atoms with van der Waals surface area (Å²) < 4.78 is 0. The van der Waals surface area contributed by atoms with Crippen LogP contribution >= 0.6 is 0 Å². The molecular weight excluding hydrogens is 196 g/mol. The molecule has 2 nitrogen and oxygen atoms in total. The Balaban J connectivity index is 2.08. The monoisotopic (exact) mass is 212 g/mol. The lowest BCUT2D eigenvalue weighted by atomic mass is 10.1. The summed E-state index contributed by atoms with van der Waals surface area (Å²) in [6, 6.07) is 16.3. The van der Waals surface area contributed by atoms with E-state index in [-0.39, 0.29) is 0 Å². The second-order valence-corrected chi connectivity index (χ2v) is 3.93. The van der Waals surface area contributed by atoms with Crippen LogP contribution in [0.4, 0.5) is 11.4 Å². The Kier molecular flexibility index (Phi) is 3.10. The Morgan fingerprint density at radius 3 is 2.56 bits per heavy atom. The minimum absolute atomic E-state index is 0.793. The fraction of sp³-hybridized carbons (Fsp3) is 0.143. The first-order valence-electron chi connectivity index (χ1n) is 5.39. The Morgan fingerprint density at radius 2 is 1.81 bits per heavy atom. The third-order valence-electron chi connectivity index (χ3n) is 2.53. The van der Waals surface area contributed by atoms with E-state index in [1.165, 1.54) is 11.1 Å². The van der Waals surface area contributed by atoms with Gasteiger partial charge in [0.25, 0.3) is 0 Å². The number of benzene rings is 2. The molecule has 0 aliphatic rings. The molecule has 82 valence electrons. The lowest BCUT2D eigenvalue weighted by Crippen LogP contribution is -2.02. The van der Waals surface area contributed by atoms with Crippen LogP contribution in [-0.4, -0.2) is 0 Å². The van der Waals surface area contributed by atoms with Crippen LogP contribution in [0.5, 0.6) is 0 Å². The van der Waals surface area contributed by atoms with Gasteiger partial charge in [0.05, 0.1) is 11.4 Å². The zero-order chi connectivity index (χ0) is 11.4. The molecule has 2 aromatic carbocycles. The first-order chi connectivity index (χ1) is 7.75. The van der Waals surface area contributed by atoms with Crippen molar-refractivity contribution < 1.29 is 0 Å². The fourth-order valence-electron chi connectivity index (χ4n) is 1.62. The number of nitrogen functional groups attached to an aromatic ring is 1. The highest BCUT2D eigenvalue weighted by Gasteiger charge is 1.98. The van der Waals surface area contributed by atoms with Crippen molar-refractivity contribution in [1.29, 1.82) is 0 Å². The smallest absolute Gasteiger partial charge is 0.0579 e. The Hall–Kier alpha value is -1.96. The molecule has 0 saturated carbocycles. The van der Waals surface area contributed by atoms with Crippen LogP contribution in [0.15, 0.2) is 48.5 Å². The van der Waals surface area contributed by atoms with Gasteiger partial charge < -0.3 is 11.1 Å². The summed E-state index contributed by atoms with van der Waals surface area (Å²) in [4.78, 5) is 0. The Morgan fingerprint density at radius 1 is 1.06 bits per heavy atom. The van der Waals surface area contributed by atoms with Crippen LogP contribution in [0.3, 0.4) is 0 Å². The van der Waals surface area contributed by atoms with Gasteiger partial charge in [-0.1, -0.05) is 36.4 Å². The third kappa shape index (κ3) is 2.54. The summed E-state index contributed by atoms with van der Waals surface area (Å²) in [7, 11) is 0. The maximum Gasteiger partial charge on any atom is 0.0579 e. The normalized spacial score (nSPS) is 10.1. The van der Waals surface area contributed by atoms with E-state index in [4.69, 9.17) is 5.73 Å². The van der Waals surface area contributed by atoms with Gasteiger partial charge >= 0.3 is 0 Å². The van der Waals surface area contributed by atoms with Crippen LogP contribution in [0.2, 0.25) is 0 Å². The summed E-state index contributed by atoms with van der Waals surface area (Å²) in [5, 5.41) is 3.35. The van der Waals surface area contributed by atoms with Crippen LogP contribution in [0.1, 0.15) is 11.1 Å². The molecule has 0 fully saturated rings. The van der Waals surface area contributed by atoms with Gasteiger partial charge in [0.2, 0.25) is 0 Å². The number of aryl methyl sites for hydroxylation is 1. The van der Waals surface area contributed by atoms with Crippen LogP contribution in [0, 0.1) is 6.92 Å². The predicted molar refractivity (Wildman–Crippen MR) is 69.4 cm³/mol. The number of hydrogen-bond acceptors (Lipinski definition) is 2. The van der Waals surface area contributed by atoms with Crippen molar-refractivity contribution in [3.8, 4) is 0 Å². The molecule has 0 radical (unpaired) electrons. The minimum Gasteiger partial charge on any atom is -0.397 e. The highest BCUT2D eigenvalue weighted by Crippen LogP contribution is 2.20. The molecule has 2 rings (SSSR count). The first-order valence-corrected chi connectivity index (χ1v) is 5.39. The molecule has 0 atom stereocenters. The van der Waals surface area contributed by atoms with E-state index < -0.39 is 0 Å². The van der Waals surface area contributed by atoms with Gasteiger partial charge in [-0.25, -0.2) is 0 Å². The van der Waals surface area contributed by atoms with Gasteiger partial charge in [-0.05, 0) is 30.2 Å². The molecule has 16 heavy (non-hydrogen) atoms. The Labute approximate surface area is 96.1 Å². The second-order valence-electron chi connectivity index (χ2n) is 3.93. The quantitative estimate of drug-likeness (QED) is 0.767. The lowest BCUT2D eigenvalue weighted by molar-refractivity contribution is 1.15. The highest BCUT2D eigenvalue weighted by atomic mass is 14.9. The van der Waals surface area contributed by atoms with Gasteiger partial charge in [0.15, 0.2) is 0 Å². The SMILES string of the molecule is Cc1ccc(N)c(NCc2ccccc2)c1. The van der Waals surface area contributed by atoms with Gasteiger partial charge in [-0.3, -0.25) is 0 Å². The molecule has 0 unspecified atom stereocenters. The molecule has 0 heterocycles. The molecular formula is C14H16N2. The molecule has 0 bridgehead atoms. The van der Waals surface area contributed by atoms with E-state index in [1.807, 2.05) is 30.3 Å². The third-order valence-corrected chi connectivity index (χ3v) is 2.53. The average Bonchev–Trinajstić information content (AvgIpc) is 2.32. The summed E-state index contributed by atoms with van der Waals surface area (Å²) in [5.74, 6) is 0. The van der Waals surface area contributed by atoms with Crippen LogP contribution in [-0.2, 0) is 6.54 Å². The maximum atomic E-state index is 5.89. The molecule has 0 aliphatic carbocycles. The summed E-state index contributed by atoms with van der Waals surface area (Å²) in [5.41, 5.74) is 10.2. The highest BCUT2D eigenvalue weighted by molar-refractivity contribution is 5.66. The molecule has 0 saturated heterocycles. The molecule has 0 aromatic heterocycles. The van der Waals surface area contributed by atoms with Gasteiger partial charge in [-0.15, -0.1) is 0 Å². The van der Waals surface area contributed by atoms with Crippen molar-refractivity contribution in [2.45, 2.75) is 13.5 Å². The molecule has 2 heteroatoms. The van der Waals surface area contributed by atoms with Crippen LogP contribution < -0.4 is 11.1 Å². The number of nitrogens with one attached hydrogen (secondary N) is 1. The van der Waals surface area contributed by atoms with Gasteiger partial charge in [0, 0.05) is 6.54 Å². The summed E-state index contributed by atoms with van der Waals surface area (Å²) in [6.07, 6.45) is 0. The maximum absolute atomic E-state index is 5.89. The fourth-order valence-corrected chi connectivity index (χ4v) is 1.62. The largest absolute Gasteiger partial charge is 0.397 e. The zero-order valence-corrected chi connectivity index (χ0v) is 9.40. The van der Waals surface area contributed by atoms with Crippen molar-refractivity contribution >= 4 is 11.4 Å². The number of anilines is 2. The second kappa shape index (κ2) is 4.71. The van der Waals surface area contributed by atoms with Crippen molar-refractivity contribution in [3.63, 3.8) is 0 Å². The van der Waals surface area contributed by atoms with Crippen molar-refractivity contribution in [3.05, 3.63) is 59.7 Å². The molecule has 2 aromatic rings. The van der Waals surface area contributed by atoms with E-state index in [1.54, 1.807) is 0 Å². The van der Waals surface area contributed by atoms with E-state index in [0.717, 1.165) is 17.9 Å². The number of nitrogens with two attached hydrogens (primary N) is 1. The van der Waals surface area contributed by atoms with E-state index in [0.29, 0.717) is 0 Å². The van der Waals surface area contributed by atoms with Crippen LogP contribution in [0.25, 0.3) is 0 Å². The Bertz CT molecular complexity index is 463. The lowest BCUT2D eigenvalue weighted by Gasteiger charge is -2.10. The van der Waals surface area contributed by atoms with Crippen molar-refractivity contribution in [2.24, 2.45) is 0 Å². The van der Waals surface area contributed by atoms with Gasteiger partial charge in [0.1, 0.15) is 0 Å². The average molecular weight is 212 g/mol. The summed E-state index contributed by atoms with van der Waals surface area (Å²) in [6.45, 7) is 2.86. The topological polar surface area (TPSA) is 38.0 Å². The van der Waals surface area contributed by atoms with Crippen molar-refractivity contribution in [1.82, 2.24) is 0 Å². The molecule has 0 amide bonds. The van der Waals surface area contributed by atoms with E-state index in [2.05, 4.69) is 30.4 Å². The predicted octanol–water partition coefficient (Wildman–Crippen LogP) is 3.19. The zero-order valence-electron chi connectivity index (χ0n) is 9.40. The van der Waals surface area contributed by atoms with Crippen molar-refractivity contribution in [2.75, 3.05) is 11.1 Å². The molecule has 0 spiro atoms. The minimum atomic E-state index is 0.793. The number of rotatable bonds is 3. The van der Waals surface area contributed by atoms with E-state index >= 15 is 0 Å². The number of hydrogen-bond donors (Lipinski definition) is 2. The van der Waals surface area contributed by atoms with Gasteiger partial charge in [-0.2, -0.15) is 0 Å².